The highest BCUT2D eigenvalue weighted by Gasteiger charge is 2.14. The van der Waals surface area contributed by atoms with Gasteiger partial charge in [0.1, 0.15) is 18.5 Å². The molecule has 0 fully saturated rings. The van der Waals surface area contributed by atoms with E-state index in [1.807, 2.05) is 45.0 Å². The minimum Gasteiger partial charge on any atom is -0.490 e. The molecule has 1 unspecified atom stereocenters. The standard InChI is InChI=1S/C17H24N2O3.ClH/c1-4-13-16(22-10-12(20)9-18-11(2)3)14-7-5-6-8-15(14)19-17(13)21;/h5-8,11-12,18,20H,4,9-10H2,1-3H3,(H,19,21);1H. The van der Waals surface area contributed by atoms with Gasteiger partial charge in [0.2, 0.25) is 0 Å². The van der Waals surface area contributed by atoms with Crippen LogP contribution in [0.4, 0.5) is 0 Å². The van der Waals surface area contributed by atoms with Crippen molar-refractivity contribution >= 4 is 23.3 Å². The molecule has 0 spiro atoms. The fraction of sp³-hybridized carbons (Fsp3) is 0.471. The van der Waals surface area contributed by atoms with Crippen molar-refractivity contribution in [1.29, 1.82) is 0 Å². The Balaban J connectivity index is 0.00000264. The van der Waals surface area contributed by atoms with Gasteiger partial charge in [-0.05, 0) is 18.6 Å². The van der Waals surface area contributed by atoms with Gasteiger partial charge in [0, 0.05) is 18.0 Å². The van der Waals surface area contributed by atoms with Crippen LogP contribution in [-0.2, 0) is 6.42 Å². The monoisotopic (exact) mass is 340 g/mol. The third kappa shape index (κ3) is 4.96. The van der Waals surface area contributed by atoms with Crippen molar-refractivity contribution < 1.29 is 9.84 Å². The summed E-state index contributed by atoms with van der Waals surface area (Å²) in [6, 6.07) is 7.85. The Bertz CT molecular complexity index is 685. The number of hydrogen-bond acceptors (Lipinski definition) is 4. The molecule has 2 rings (SSSR count). The van der Waals surface area contributed by atoms with Crippen molar-refractivity contribution in [3.8, 4) is 5.75 Å². The van der Waals surface area contributed by atoms with E-state index in [0.717, 1.165) is 10.9 Å². The number of aromatic nitrogens is 1. The van der Waals surface area contributed by atoms with Crippen LogP contribution in [0.3, 0.4) is 0 Å². The third-order valence-electron chi connectivity index (χ3n) is 3.50. The Hall–Kier alpha value is -1.56. The number of pyridine rings is 1. The molecule has 0 aliphatic rings. The summed E-state index contributed by atoms with van der Waals surface area (Å²) < 4.78 is 5.81. The fourth-order valence-corrected chi connectivity index (χ4v) is 2.35. The van der Waals surface area contributed by atoms with E-state index in [1.54, 1.807) is 0 Å². The Kier molecular flexibility index (Phi) is 7.55. The van der Waals surface area contributed by atoms with Gasteiger partial charge in [0.15, 0.2) is 0 Å². The van der Waals surface area contributed by atoms with Crippen LogP contribution >= 0.6 is 12.4 Å². The van der Waals surface area contributed by atoms with Gasteiger partial charge in [-0.15, -0.1) is 12.4 Å². The molecule has 1 aromatic carbocycles. The first-order chi connectivity index (χ1) is 10.5. The number of H-pyrrole nitrogens is 1. The zero-order valence-corrected chi connectivity index (χ0v) is 14.6. The van der Waals surface area contributed by atoms with Gasteiger partial charge in [0.25, 0.3) is 5.56 Å². The number of rotatable bonds is 7. The maximum Gasteiger partial charge on any atom is 0.255 e. The van der Waals surface area contributed by atoms with Gasteiger partial charge < -0.3 is 20.1 Å². The lowest BCUT2D eigenvalue weighted by atomic mass is 10.1. The first-order valence-corrected chi connectivity index (χ1v) is 7.71. The number of aliphatic hydroxyl groups is 1. The van der Waals surface area contributed by atoms with Gasteiger partial charge in [-0.2, -0.15) is 0 Å². The van der Waals surface area contributed by atoms with E-state index < -0.39 is 6.10 Å². The summed E-state index contributed by atoms with van der Waals surface area (Å²) in [4.78, 5) is 15.0. The van der Waals surface area contributed by atoms with E-state index in [1.165, 1.54) is 0 Å². The second kappa shape index (κ2) is 8.91. The molecule has 3 N–H and O–H groups in total. The highest BCUT2D eigenvalue weighted by molar-refractivity contribution is 5.86. The SMILES string of the molecule is CCc1c(OCC(O)CNC(C)C)c2ccccc2[nH]c1=O.Cl. The Morgan fingerprint density at radius 1 is 1.30 bits per heavy atom. The van der Waals surface area contributed by atoms with Crippen molar-refractivity contribution in [1.82, 2.24) is 10.3 Å². The van der Waals surface area contributed by atoms with E-state index in [0.29, 0.717) is 30.3 Å². The molecule has 23 heavy (non-hydrogen) atoms. The predicted octanol–water partition coefficient (Wildman–Crippen LogP) is 2.25. The number of para-hydroxylation sites is 1. The molecule has 0 saturated heterocycles. The van der Waals surface area contributed by atoms with Crippen LogP contribution in [0.15, 0.2) is 29.1 Å². The number of fused-ring (bicyclic) bond motifs is 1. The van der Waals surface area contributed by atoms with Crippen molar-refractivity contribution in [3.05, 3.63) is 40.2 Å². The van der Waals surface area contributed by atoms with Crippen LogP contribution in [0.25, 0.3) is 10.9 Å². The summed E-state index contributed by atoms with van der Waals surface area (Å²) in [6.45, 7) is 6.57. The van der Waals surface area contributed by atoms with Crippen molar-refractivity contribution in [2.75, 3.05) is 13.2 Å². The lowest BCUT2D eigenvalue weighted by molar-refractivity contribution is 0.105. The lowest BCUT2D eigenvalue weighted by Gasteiger charge is -2.17. The summed E-state index contributed by atoms with van der Waals surface area (Å²) in [5.74, 6) is 0.574. The molecule has 6 heteroatoms. The number of aromatic amines is 1. The van der Waals surface area contributed by atoms with E-state index in [-0.39, 0.29) is 24.6 Å². The smallest absolute Gasteiger partial charge is 0.255 e. The quantitative estimate of drug-likeness (QED) is 0.722. The molecule has 128 valence electrons. The number of nitrogens with one attached hydrogen (secondary N) is 2. The normalized spacial score (nSPS) is 12.2. The van der Waals surface area contributed by atoms with E-state index in [2.05, 4.69) is 10.3 Å². The van der Waals surface area contributed by atoms with E-state index in [4.69, 9.17) is 4.74 Å². The predicted molar refractivity (Wildman–Crippen MR) is 95.8 cm³/mol. The molecule has 1 aromatic heterocycles. The molecular formula is C17H25ClN2O3. The summed E-state index contributed by atoms with van der Waals surface area (Å²) in [6.07, 6.45) is -0.0410. The zero-order chi connectivity index (χ0) is 16.1. The molecule has 0 saturated carbocycles. The molecule has 0 amide bonds. The van der Waals surface area contributed by atoms with Gasteiger partial charge in [0.05, 0.1) is 11.1 Å². The average molecular weight is 341 g/mol. The first-order valence-electron chi connectivity index (χ1n) is 7.71. The topological polar surface area (TPSA) is 74.3 Å². The van der Waals surface area contributed by atoms with E-state index >= 15 is 0 Å². The molecule has 0 bridgehead atoms. The number of ether oxygens (including phenoxy) is 1. The summed E-state index contributed by atoms with van der Waals surface area (Å²) >= 11 is 0. The maximum atomic E-state index is 12.1. The molecule has 2 aromatic rings. The van der Waals surface area contributed by atoms with Gasteiger partial charge in [-0.25, -0.2) is 0 Å². The number of aliphatic hydroxyl groups excluding tert-OH is 1. The van der Waals surface area contributed by atoms with Crippen LogP contribution in [0.2, 0.25) is 0 Å². The number of benzene rings is 1. The number of hydrogen-bond donors (Lipinski definition) is 3. The van der Waals surface area contributed by atoms with Crippen LogP contribution in [0, 0.1) is 0 Å². The fourth-order valence-electron chi connectivity index (χ4n) is 2.35. The van der Waals surface area contributed by atoms with Crippen LogP contribution in [0.5, 0.6) is 5.75 Å². The largest absolute Gasteiger partial charge is 0.490 e. The molecule has 1 heterocycles. The molecular weight excluding hydrogens is 316 g/mol. The molecule has 5 nitrogen and oxygen atoms in total. The van der Waals surface area contributed by atoms with Gasteiger partial charge in [-0.3, -0.25) is 4.79 Å². The first kappa shape index (κ1) is 19.5. The van der Waals surface area contributed by atoms with Gasteiger partial charge in [-0.1, -0.05) is 32.9 Å². The van der Waals surface area contributed by atoms with Crippen molar-refractivity contribution in [2.24, 2.45) is 0 Å². The highest BCUT2D eigenvalue weighted by Crippen LogP contribution is 2.26. The van der Waals surface area contributed by atoms with Crippen LogP contribution in [0.1, 0.15) is 26.3 Å². The zero-order valence-electron chi connectivity index (χ0n) is 13.8. The second-order valence-corrected chi connectivity index (χ2v) is 5.69. The summed E-state index contributed by atoms with van der Waals surface area (Å²) in [5.41, 5.74) is 1.23. The Morgan fingerprint density at radius 3 is 2.65 bits per heavy atom. The molecule has 0 aliphatic carbocycles. The van der Waals surface area contributed by atoms with E-state index in [9.17, 15) is 9.90 Å². The Labute approximate surface area is 142 Å². The molecule has 0 aliphatic heterocycles. The van der Waals surface area contributed by atoms with Gasteiger partial charge >= 0.3 is 0 Å². The lowest BCUT2D eigenvalue weighted by Crippen LogP contribution is -2.35. The minimum atomic E-state index is -0.620. The van der Waals surface area contributed by atoms with Crippen molar-refractivity contribution in [2.45, 2.75) is 39.3 Å². The van der Waals surface area contributed by atoms with Crippen LogP contribution in [-0.4, -0.2) is 35.4 Å². The Morgan fingerprint density at radius 2 is 2.00 bits per heavy atom. The average Bonchev–Trinajstić information content (AvgIpc) is 2.50. The maximum absolute atomic E-state index is 12.1. The van der Waals surface area contributed by atoms with Crippen molar-refractivity contribution in [3.63, 3.8) is 0 Å². The molecule has 1 atom stereocenters. The summed E-state index contributed by atoms with van der Waals surface area (Å²) in [7, 11) is 0. The second-order valence-electron chi connectivity index (χ2n) is 5.69. The van der Waals surface area contributed by atoms with Crippen LogP contribution < -0.4 is 15.6 Å². The minimum absolute atomic E-state index is 0. The summed E-state index contributed by atoms with van der Waals surface area (Å²) in [5, 5.41) is 14.0. The highest BCUT2D eigenvalue weighted by atomic mass is 35.5. The molecule has 0 radical (unpaired) electrons. The number of halogens is 1. The third-order valence-corrected chi connectivity index (χ3v) is 3.50.